The zero-order valence-corrected chi connectivity index (χ0v) is 8.63. The molecule has 1 rings (SSSR count). The lowest BCUT2D eigenvalue weighted by Gasteiger charge is -1.95. The minimum atomic E-state index is -0.911. The molecule has 0 spiro atoms. The van der Waals surface area contributed by atoms with E-state index < -0.39 is 5.97 Å². The molecule has 12 heavy (non-hydrogen) atoms. The fourth-order valence-electron chi connectivity index (χ4n) is 0.736. The lowest BCUT2D eigenvalue weighted by Crippen LogP contribution is -1.95. The predicted molar refractivity (Wildman–Crippen MR) is 53.3 cm³/mol. The van der Waals surface area contributed by atoms with Gasteiger partial charge in [-0.25, -0.2) is 4.79 Å². The van der Waals surface area contributed by atoms with E-state index >= 15 is 0 Å². The van der Waals surface area contributed by atoms with E-state index in [2.05, 4.69) is 0 Å². The first-order valence-corrected chi connectivity index (χ1v) is 3.65. The average Bonchev–Trinajstić information content (AvgIpc) is 2.05. The first-order chi connectivity index (χ1) is 5.24. The molecule has 1 aromatic rings. The number of carbonyl (C=O) groups is 1. The van der Waals surface area contributed by atoms with Gasteiger partial charge in [0.05, 0.1) is 5.56 Å². The molecule has 0 aliphatic rings. The van der Waals surface area contributed by atoms with Gasteiger partial charge in [0.1, 0.15) is 0 Å². The third kappa shape index (κ3) is 2.83. The monoisotopic (exact) mass is 250 g/mol. The number of aromatic carboxylic acids is 1. The normalized spacial score (nSPS) is 8.75. The molecule has 0 heterocycles. The summed E-state index contributed by atoms with van der Waals surface area (Å²) in [6.07, 6.45) is 0. The van der Waals surface area contributed by atoms with E-state index in [9.17, 15) is 4.79 Å². The van der Waals surface area contributed by atoms with Crippen LogP contribution in [0.3, 0.4) is 0 Å². The molecule has 0 unspecified atom stereocenters. The third-order valence-electron chi connectivity index (χ3n) is 1.36. The van der Waals surface area contributed by atoms with Crippen LogP contribution in [-0.4, -0.2) is 11.1 Å². The van der Waals surface area contributed by atoms with Gasteiger partial charge in [0.2, 0.25) is 0 Å². The summed E-state index contributed by atoms with van der Waals surface area (Å²) >= 11 is 5.51. The van der Waals surface area contributed by atoms with Crippen molar-refractivity contribution in [3.05, 3.63) is 35.4 Å². The van der Waals surface area contributed by atoms with Crippen molar-refractivity contribution < 1.29 is 9.90 Å². The molecule has 4 heteroatoms. The quantitative estimate of drug-likeness (QED) is 0.821. The van der Waals surface area contributed by atoms with Gasteiger partial charge in [-0.1, -0.05) is 12.1 Å². The van der Waals surface area contributed by atoms with Gasteiger partial charge in [0.25, 0.3) is 0 Å². The summed E-state index contributed by atoms with van der Waals surface area (Å²) in [4.78, 5) is 10.4. The molecule has 0 aliphatic carbocycles. The highest BCUT2D eigenvalue weighted by Crippen LogP contribution is 2.06. The van der Waals surface area contributed by atoms with E-state index in [1.165, 1.54) is 0 Å². The largest absolute Gasteiger partial charge is 0.478 e. The average molecular weight is 252 g/mol. The van der Waals surface area contributed by atoms with Crippen molar-refractivity contribution in [1.29, 1.82) is 0 Å². The Hall–Kier alpha value is -0.540. The molecular formula is C8H8BrClO2. The Kier molecular flexibility index (Phi) is 4.93. The van der Waals surface area contributed by atoms with Crippen molar-refractivity contribution in [2.45, 2.75) is 5.88 Å². The summed E-state index contributed by atoms with van der Waals surface area (Å²) in [5.74, 6) is -0.494. The van der Waals surface area contributed by atoms with Gasteiger partial charge in [0.15, 0.2) is 0 Å². The first-order valence-electron chi connectivity index (χ1n) is 3.12. The molecule has 1 N–H and O–H groups in total. The predicted octanol–water partition coefficient (Wildman–Crippen LogP) is 2.70. The smallest absolute Gasteiger partial charge is 0.335 e. The van der Waals surface area contributed by atoms with Gasteiger partial charge in [0, 0.05) is 5.88 Å². The minimum absolute atomic E-state index is 0. The number of hydrogen-bond acceptors (Lipinski definition) is 1. The number of alkyl halides is 1. The second-order valence-electron chi connectivity index (χ2n) is 2.14. The van der Waals surface area contributed by atoms with Crippen molar-refractivity contribution >= 4 is 34.6 Å². The van der Waals surface area contributed by atoms with Crippen LogP contribution >= 0.6 is 28.6 Å². The van der Waals surface area contributed by atoms with E-state index in [1.54, 1.807) is 24.3 Å². The van der Waals surface area contributed by atoms with Crippen LogP contribution in [0.15, 0.2) is 24.3 Å². The molecule has 0 bridgehead atoms. The maximum absolute atomic E-state index is 10.4. The van der Waals surface area contributed by atoms with Crippen molar-refractivity contribution in [1.82, 2.24) is 0 Å². The Morgan fingerprint density at radius 3 is 2.17 bits per heavy atom. The molecule has 0 fully saturated rings. The lowest BCUT2D eigenvalue weighted by atomic mass is 10.1. The van der Waals surface area contributed by atoms with E-state index in [-0.39, 0.29) is 17.0 Å². The molecule has 66 valence electrons. The van der Waals surface area contributed by atoms with Crippen LogP contribution in [-0.2, 0) is 5.88 Å². The van der Waals surface area contributed by atoms with E-state index in [0.29, 0.717) is 11.4 Å². The molecule has 0 amide bonds. The second-order valence-corrected chi connectivity index (χ2v) is 2.40. The maximum Gasteiger partial charge on any atom is 0.335 e. The summed E-state index contributed by atoms with van der Waals surface area (Å²) in [6.45, 7) is 0. The van der Waals surface area contributed by atoms with E-state index in [0.717, 1.165) is 5.56 Å². The zero-order chi connectivity index (χ0) is 8.27. The van der Waals surface area contributed by atoms with Crippen LogP contribution in [0.4, 0.5) is 0 Å². The van der Waals surface area contributed by atoms with Crippen LogP contribution < -0.4 is 0 Å². The Labute approximate surface area is 85.9 Å². The number of carboxylic acid groups (broad SMARTS) is 1. The Balaban J connectivity index is 0.00000121. The lowest BCUT2D eigenvalue weighted by molar-refractivity contribution is 0.0697. The van der Waals surface area contributed by atoms with Crippen LogP contribution in [0, 0.1) is 0 Å². The van der Waals surface area contributed by atoms with Crippen molar-refractivity contribution in [2.24, 2.45) is 0 Å². The van der Waals surface area contributed by atoms with Gasteiger partial charge in [-0.3, -0.25) is 0 Å². The molecule has 0 saturated carbocycles. The number of benzene rings is 1. The summed E-state index contributed by atoms with van der Waals surface area (Å²) < 4.78 is 0. The van der Waals surface area contributed by atoms with E-state index in [4.69, 9.17) is 16.7 Å². The van der Waals surface area contributed by atoms with Gasteiger partial charge < -0.3 is 5.11 Å². The first kappa shape index (κ1) is 11.5. The van der Waals surface area contributed by atoms with Crippen LogP contribution in [0.1, 0.15) is 15.9 Å². The van der Waals surface area contributed by atoms with Gasteiger partial charge in [-0.15, -0.1) is 28.6 Å². The van der Waals surface area contributed by atoms with Gasteiger partial charge in [-0.05, 0) is 17.7 Å². The van der Waals surface area contributed by atoms with Gasteiger partial charge >= 0.3 is 5.97 Å². The Morgan fingerprint density at radius 2 is 1.83 bits per heavy atom. The van der Waals surface area contributed by atoms with Crippen LogP contribution in [0.5, 0.6) is 0 Å². The summed E-state index contributed by atoms with van der Waals surface area (Å²) in [7, 11) is 0. The molecular weight excluding hydrogens is 243 g/mol. The molecule has 1 aromatic carbocycles. The highest BCUT2D eigenvalue weighted by Gasteiger charge is 1.99. The molecule has 0 saturated heterocycles. The molecule has 0 radical (unpaired) electrons. The standard InChI is InChI=1S/C8H7ClO2.BrH/c9-5-6-1-3-7(4-2-6)8(10)11;/h1-4H,5H2,(H,10,11);1H. The molecule has 2 nitrogen and oxygen atoms in total. The fraction of sp³-hybridized carbons (Fsp3) is 0.125. The Morgan fingerprint density at radius 1 is 1.33 bits per heavy atom. The van der Waals surface area contributed by atoms with Crippen molar-refractivity contribution in [3.8, 4) is 0 Å². The Bertz CT molecular complexity index is 258. The summed E-state index contributed by atoms with van der Waals surface area (Å²) in [5.41, 5.74) is 1.22. The summed E-state index contributed by atoms with van der Waals surface area (Å²) in [6, 6.07) is 6.49. The fourth-order valence-corrected chi connectivity index (χ4v) is 0.915. The minimum Gasteiger partial charge on any atom is -0.478 e. The van der Waals surface area contributed by atoms with Crippen molar-refractivity contribution in [2.75, 3.05) is 0 Å². The maximum atomic E-state index is 10.4. The number of rotatable bonds is 2. The number of carboxylic acids is 1. The number of hydrogen-bond donors (Lipinski definition) is 1. The molecule has 0 atom stereocenters. The summed E-state index contributed by atoms with van der Waals surface area (Å²) in [5, 5.41) is 8.52. The highest BCUT2D eigenvalue weighted by molar-refractivity contribution is 8.93. The van der Waals surface area contributed by atoms with E-state index in [1.807, 2.05) is 0 Å². The third-order valence-corrected chi connectivity index (χ3v) is 1.66. The van der Waals surface area contributed by atoms with Crippen LogP contribution in [0.2, 0.25) is 0 Å². The topological polar surface area (TPSA) is 37.3 Å². The molecule has 0 aliphatic heterocycles. The molecule has 0 aromatic heterocycles. The van der Waals surface area contributed by atoms with Crippen LogP contribution in [0.25, 0.3) is 0 Å². The second kappa shape index (κ2) is 5.17. The van der Waals surface area contributed by atoms with Crippen molar-refractivity contribution in [3.63, 3.8) is 0 Å². The highest BCUT2D eigenvalue weighted by atomic mass is 79.9. The number of halogens is 2. The SMILES string of the molecule is Br.O=C(O)c1ccc(CCl)cc1. The zero-order valence-electron chi connectivity index (χ0n) is 6.16. The van der Waals surface area contributed by atoms with Gasteiger partial charge in [-0.2, -0.15) is 0 Å².